The lowest BCUT2D eigenvalue weighted by atomic mass is 10.1. The Balaban J connectivity index is 1.34. The molecule has 0 bridgehead atoms. The third kappa shape index (κ3) is 3.42. The van der Waals surface area contributed by atoms with Gasteiger partial charge < -0.3 is 14.7 Å². The maximum atomic E-state index is 13.5. The van der Waals surface area contributed by atoms with Crippen LogP contribution < -0.4 is 0 Å². The molecule has 3 aliphatic rings. The maximum absolute atomic E-state index is 13.5. The number of likely N-dealkylation sites (tertiary alicyclic amines) is 1. The number of piperidine rings is 1. The number of hydrogen-bond acceptors (Lipinski definition) is 4. The van der Waals surface area contributed by atoms with Crippen LogP contribution in [0.3, 0.4) is 0 Å². The number of hydrogen-bond donors (Lipinski definition) is 0. The first-order valence-corrected chi connectivity index (χ1v) is 11.2. The van der Waals surface area contributed by atoms with Crippen LogP contribution in [0.2, 0.25) is 0 Å². The van der Waals surface area contributed by atoms with Gasteiger partial charge in [-0.3, -0.25) is 9.48 Å². The Morgan fingerprint density at radius 1 is 0.933 bits per heavy atom. The highest BCUT2D eigenvalue weighted by Gasteiger charge is 2.32. The molecule has 0 radical (unpaired) electrons. The Bertz CT molecular complexity index is 981. The van der Waals surface area contributed by atoms with E-state index in [1.807, 2.05) is 34.7 Å². The van der Waals surface area contributed by atoms with Crippen LogP contribution in [0.4, 0.5) is 4.79 Å². The topological polar surface area (TPSA) is 74.6 Å². The van der Waals surface area contributed by atoms with Crippen molar-refractivity contribution in [3.63, 3.8) is 0 Å². The quantitative estimate of drug-likeness (QED) is 0.763. The molecule has 2 aliphatic heterocycles. The highest BCUT2D eigenvalue weighted by Crippen LogP contribution is 2.40. The Kier molecular flexibility index (Phi) is 4.87. The molecule has 160 valence electrons. The molecule has 2 aromatic rings. The van der Waals surface area contributed by atoms with Gasteiger partial charge in [0.05, 0.1) is 16.6 Å². The number of carbonyl (C=O) groups excluding carboxylic acids is 2. The van der Waals surface area contributed by atoms with Gasteiger partial charge in [-0.1, -0.05) is 0 Å². The summed E-state index contributed by atoms with van der Waals surface area (Å²) in [5.41, 5.74) is 3.35. The lowest BCUT2D eigenvalue weighted by Gasteiger charge is -2.38. The predicted octanol–water partition coefficient (Wildman–Crippen LogP) is 2.52. The van der Waals surface area contributed by atoms with Crippen LogP contribution in [0.5, 0.6) is 0 Å². The molecule has 0 unspecified atom stereocenters. The van der Waals surface area contributed by atoms with E-state index in [1.54, 1.807) is 4.68 Å². The van der Waals surface area contributed by atoms with Crippen LogP contribution in [-0.4, -0.2) is 80.7 Å². The number of piperazine rings is 1. The van der Waals surface area contributed by atoms with Gasteiger partial charge in [0.2, 0.25) is 0 Å². The van der Waals surface area contributed by atoms with Crippen molar-refractivity contribution >= 4 is 23.0 Å². The molecule has 4 heterocycles. The largest absolute Gasteiger partial charge is 0.335 e. The average molecular weight is 411 g/mol. The first-order valence-electron chi connectivity index (χ1n) is 11.2. The number of amides is 3. The molecule has 0 atom stereocenters. The summed E-state index contributed by atoms with van der Waals surface area (Å²) in [7, 11) is 1.89. The van der Waals surface area contributed by atoms with E-state index in [0.717, 1.165) is 61.2 Å². The molecule has 2 aromatic heterocycles. The van der Waals surface area contributed by atoms with Crippen LogP contribution >= 0.6 is 0 Å². The second-order valence-corrected chi connectivity index (χ2v) is 8.89. The molecule has 3 amide bonds. The number of rotatable bonds is 2. The van der Waals surface area contributed by atoms with Crippen LogP contribution in [0.1, 0.15) is 59.8 Å². The number of aromatic nitrogens is 3. The molecule has 0 N–H and O–H groups in total. The van der Waals surface area contributed by atoms with Crippen molar-refractivity contribution in [2.75, 3.05) is 39.3 Å². The van der Waals surface area contributed by atoms with E-state index in [2.05, 4.69) is 5.10 Å². The van der Waals surface area contributed by atoms with E-state index < -0.39 is 0 Å². The van der Waals surface area contributed by atoms with Gasteiger partial charge in [-0.15, -0.1) is 0 Å². The predicted molar refractivity (Wildman–Crippen MR) is 114 cm³/mol. The molecule has 0 aromatic carbocycles. The van der Waals surface area contributed by atoms with Crippen molar-refractivity contribution in [1.29, 1.82) is 0 Å². The lowest BCUT2D eigenvalue weighted by molar-refractivity contribution is 0.0634. The molecule has 8 nitrogen and oxygen atoms in total. The van der Waals surface area contributed by atoms with E-state index in [4.69, 9.17) is 4.98 Å². The zero-order valence-corrected chi connectivity index (χ0v) is 17.9. The van der Waals surface area contributed by atoms with Gasteiger partial charge in [-0.2, -0.15) is 5.10 Å². The molecule has 1 saturated carbocycles. The zero-order chi connectivity index (χ0) is 20.8. The van der Waals surface area contributed by atoms with Crippen LogP contribution in [0.15, 0.2) is 6.07 Å². The molecular formula is C22H30N6O2. The zero-order valence-electron chi connectivity index (χ0n) is 17.9. The summed E-state index contributed by atoms with van der Waals surface area (Å²) in [5.74, 6) is 0.501. The van der Waals surface area contributed by atoms with Crippen LogP contribution in [0, 0.1) is 6.92 Å². The van der Waals surface area contributed by atoms with Gasteiger partial charge in [0, 0.05) is 57.9 Å². The van der Waals surface area contributed by atoms with Gasteiger partial charge in [-0.25, -0.2) is 9.78 Å². The van der Waals surface area contributed by atoms with Crippen molar-refractivity contribution in [1.82, 2.24) is 29.5 Å². The summed E-state index contributed by atoms with van der Waals surface area (Å²) in [5, 5.41) is 5.37. The fourth-order valence-corrected chi connectivity index (χ4v) is 4.78. The number of nitrogens with zero attached hydrogens (tertiary/aromatic N) is 6. The van der Waals surface area contributed by atoms with E-state index in [9.17, 15) is 9.59 Å². The normalized spacial score (nSPS) is 20.1. The Morgan fingerprint density at radius 2 is 1.57 bits per heavy atom. The third-order valence-electron chi connectivity index (χ3n) is 6.68. The minimum Gasteiger partial charge on any atom is -0.335 e. The van der Waals surface area contributed by atoms with Gasteiger partial charge in [0.25, 0.3) is 5.91 Å². The number of urea groups is 1. The second-order valence-electron chi connectivity index (χ2n) is 8.89. The van der Waals surface area contributed by atoms with Gasteiger partial charge >= 0.3 is 6.03 Å². The fourth-order valence-electron chi connectivity index (χ4n) is 4.78. The molecule has 2 saturated heterocycles. The van der Waals surface area contributed by atoms with Crippen LogP contribution in [-0.2, 0) is 7.05 Å². The minimum atomic E-state index is 0.0328. The van der Waals surface area contributed by atoms with Crippen molar-refractivity contribution < 1.29 is 9.59 Å². The monoisotopic (exact) mass is 410 g/mol. The molecule has 0 spiro atoms. The van der Waals surface area contributed by atoms with Crippen LogP contribution in [0.25, 0.3) is 11.0 Å². The summed E-state index contributed by atoms with van der Waals surface area (Å²) in [6, 6.07) is 2.12. The Labute approximate surface area is 176 Å². The molecule has 30 heavy (non-hydrogen) atoms. The Hall–Kier alpha value is -2.64. The molecular weight excluding hydrogens is 380 g/mol. The van der Waals surface area contributed by atoms with Crippen molar-refractivity contribution in [3.05, 3.63) is 23.0 Å². The molecule has 1 aliphatic carbocycles. The number of fused-ring (bicyclic) bond motifs is 1. The summed E-state index contributed by atoms with van der Waals surface area (Å²) in [6.07, 6.45) is 5.68. The van der Waals surface area contributed by atoms with Gasteiger partial charge in [0.1, 0.15) is 0 Å². The van der Waals surface area contributed by atoms with Gasteiger partial charge in [0.15, 0.2) is 5.65 Å². The Morgan fingerprint density at radius 3 is 2.23 bits per heavy atom. The van der Waals surface area contributed by atoms with Crippen molar-refractivity contribution in [3.8, 4) is 0 Å². The maximum Gasteiger partial charge on any atom is 0.320 e. The highest BCUT2D eigenvalue weighted by atomic mass is 16.2. The molecule has 3 fully saturated rings. The van der Waals surface area contributed by atoms with Crippen molar-refractivity contribution in [2.24, 2.45) is 7.05 Å². The standard InChI is InChI=1S/C22H30N6O2/c1-15-19-17(14-18(16-6-7-16)23-20(19)25(2)24-15)21(29)26-10-12-28(13-11-26)22(30)27-8-4-3-5-9-27/h14,16H,3-13H2,1-2H3. The summed E-state index contributed by atoms with van der Waals surface area (Å²) >= 11 is 0. The minimum absolute atomic E-state index is 0.0328. The first kappa shape index (κ1) is 19.3. The van der Waals surface area contributed by atoms with E-state index >= 15 is 0 Å². The summed E-state index contributed by atoms with van der Waals surface area (Å²) in [4.78, 5) is 36.8. The molecule has 8 heteroatoms. The van der Waals surface area contributed by atoms with E-state index in [1.165, 1.54) is 6.42 Å². The van der Waals surface area contributed by atoms with E-state index in [-0.39, 0.29) is 11.9 Å². The van der Waals surface area contributed by atoms with E-state index in [0.29, 0.717) is 37.7 Å². The fraction of sp³-hybridized carbons (Fsp3) is 0.636. The SMILES string of the molecule is Cc1nn(C)c2nc(C3CC3)cc(C(=O)N3CCN(C(=O)N4CCCCC4)CC3)c12. The second kappa shape index (κ2) is 7.56. The summed E-state index contributed by atoms with van der Waals surface area (Å²) < 4.78 is 1.78. The van der Waals surface area contributed by atoms with Gasteiger partial charge in [-0.05, 0) is 45.1 Å². The molecule has 5 rings (SSSR count). The first-order chi connectivity index (χ1) is 14.5. The van der Waals surface area contributed by atoms with Crippen molar-refractivity contribution in [2.45, 2.75) is 44.9 Å². The lowest BCUT2D eigenvalue weighted by Crippen LogP contribution is -2.54. The number of pyridine rings is 1. The third-order valence-corrected chi connectivity index (χ3v) is 6.68. The smallest absolute Gasteiger partial charge is 0.320 e. The number of carbonyl (C=O) groups is 2. The average Bonchev–Trinajstić information content (AvgIpc) is 3.59. The summed E-state index contributed by atoms with van der Waals surface area (Å²) in [6.45, 7) is 5.98. The number of aryl methyl sites for hydroxylation is 2. The highest BCUT2D eigenvalue weighted by molar-refractivity contribution is 6.06.